The second-order valence-corrected chi connectivity index (χ2v) is 3.53. The van der Waals surface area contributed by atoms with E-state index in [-0.39, 0.29) is 0 Å². The quantitative estimate of drug-likeness (QED) is 0.674. The third-order valence-electron chi connectivity index (χ3n) is 2.39. The Labute approximate surface area is 80.8 Å². The van der Waals surface area contributed by atoms with E-state index in [2.05, 4.69) is 5.32 Å². The molecule has 0 saturated carbocycles. The SMILES string of the molecule is CCOC[C@H]1CN[C@H](COCC)C1. The van der Waals surface area contributed by atoms with Gasteiger partial charge in [0, 0.05) is 25.8 Å². The van der Waals surface area contributed by atoms with Gasteiger partial charge in [0.15, 0.2) is 0 Å². The van der Waals surface area contributed by atoms with Crippen LogP contribution in [0.5, 0.6) is 0 Å². The van der Waals surface area contributed by atoms with Crippen LogP contribution in [0.15, 0.2) is 0 Å². The molecule has 0 aliphatic carbocycles. The van der Waals surface area contributed by atoms with Gasteiger partial charge in [-0.3, -0.25) is 0 Å². The van der Waals surface area contributed by atoms with Gasteiger partial charge in [0.05, 0.1) is 13.2 Å². The van der Waals surface area contributed by atoms with E-state index in [4.69, 9.17) is 9.47 Å². The van der Waals surface area contributed by atoms with Gasteiger partial charge >= 0.3 is 0 Å². The normalized spacial score (nSPS) is 28.2. The van der Waals surface area contributed by atoms with Crippen LogP contribution in [0.25, 0.3) is 0 Å². The molecule has 1 fully saturated rings. The Balaban J connectivity index is 2.05. The zero-order valence-electron chi connectivity index (χ0n) is 8.71. The van der Waals surface area contributed by atoms with Crippen LogP contribution in [0, 0.1) is 5.92 Å². The van der Waals surface area contributed by atoms with Crippen molar-refractivity contribution >= 4 is 0 Å². The first kappa shape index (κ1) is 11.0. The molecule has 1 N–H and O–H groups in total. The van der Waals surface area contributed by atoms with Crippen molar-refractivity contribution in [3.05, 3.63) is 0 Å². The lowest BCUT2D eigenvalue weighted by Crippen LogP contribution is -2.26. The predicted molar refractivity (Wildman–Crippen MR) is 52.9 cm³/mol. The lowest BCUT2D eigenvalue weighted by molar-refractivity contribution is 0.108. The summed E-state index contributed by atoms with van der Waals surface area (Å²) in [5.41, 5.74) is 0. The van der Waals surface area contributed by atoms with Crippen LogP contribution in [0.1, 0.15) is 20.3 Å². The Morgan fingerprint density at radius 1 is 1.15 bits per heavy atom. The summed E-state index contributed by atoms with van der Waals surface area (Å²) in [5.74, 6) is 0.686. The van der Waals surface area contributed by atoms with Crippen LogP contribution in [0.2, 0.25) is 0 Å². The molecule has 1 saturated heterocycles. The summed E-state index contributed by atoms with van der Waals surface area (Å²) in [7, 11) is 0. The first-order valence-electron chi connectivity index (χ1n) is 5.25. The molecule has 0 aromatic heterocycles. The number of nitrogens with one attached hydrogen (secondary N) is 1. The third-order valence-corrected chi connectivity index (χ3v) is 2.39. The van der Waals surface area contributed by atoms with E-state index in [0.29, 0.717) is 12.0 Å². The molecule has 0 radical (unpaired) electrons. The minimum Gasteiger partial charge on any atom is -0.381 e. The van der Waals surface area contributed by atoms with E-state index in [9.17, 15) is 0 Å². The first-order valence-corrected chi connectivity index (χ1v) is 5.25. The standard InChI is InChI=1S/C10H21NO2/c1-3-12-7-9-5-10(11-6-9)8-13-4-2/h9-11H,3-8H2,1-2H3/t9-,10+/m1/s1. The van der Waals surface area contributed by atoms with E-state index in [1.807, 2.05) is 13.8 Å². The van der Waals surface area contributed by atoms with Crippen LogP contribution in [-0.4, -0.2) is 39.0 Å². The molecule has 13 heavy (non-hydrogen) atoms. The molecule has 78 valence electrons. The second kappa shape index (κ2) is 6.35. The largest absolute Gasteiger partial charge is 0.381 e. The van der Waals surface area contributed by atoms with Gasteiger partial charge in [-0.25, -0.2) is 0 Å². The highest BCUT2D eigenvalue weighted by atomic mass is 16.5. The van der Waals surface area contributed by atoms with Gasteiger partial charge in [-0.05, 0) is 26.2 Å². The van der Waals surface area contributed by atoms with Gasteiger partial charge in [0.2, 0.25) is 0 Å². The maximum atomic E-state index is 5.39. The summed E-state index contributed by atoms with van der Waals surface area (Å²) in [6, 6.07) is 0.547. The first-order chi connectivity index (χ1) is 6.36. The van der Waals surface area contributed by atoms with E-state index in [0.717, 1.165) is 33.0 Å². The van der Waals surface area contributed by atoms with Crippen molar-refractivity contribution in [1.82, 2.24) is 5.32 Å². The molecule has 0 unspecified atom stereocenters. The van der Waals surface area contributed by atoms with Crippen LogP contribution in [0.3, 0.4) is 0 Å². The lowest BCUT2D eigenvalue weighted by Gasteiger charge is -2.10. The summed E-state index contributed by atoms with van der Waals surface area (Å²) < 4.78 is 10.8. The summed E-state index contributed by atoms with van der Waals surface area (Å²) in [6.07, 6.45) is 1.19. The highest BCUT2D eigenvalue weighted by molar-refractivity contribution is 4.81. The third kappa shape index (κ3) is 4.07. The molecular weight excluding hydrogens is 166 g/mol. The highest BCUT2D eigenvalue weighted by Crippen LogP contribution is 2.14. The fourth-order valence-corrected chi connectivity index (χ4v) is 1.70. The predicted octanol–water partition coefficient (Wildman–Crippen LogP) is 1.04. The number of ether oxygens (including phenoxy) is 2. The van der Waals surface area contributed by atoms with E-state index in [1.165, 1.54) is 6.42 Å². The van der Waals surface area contributed by atoms with Crippen molar-refractivity contribution < 1.29 is 9.47 Å². The van der Waals surface area contributed by atoms with Crippen LogP contribution in [0.4, 0.5) is 0 Å². The lowest BCUT2D eigenvalue weighted by atomic mass is 10.1. The Morgan fingerprint density at radius 3 is 2.54 bits per heavy atom. The van der Waals surface area contributed by atoms with Gasteiger partial charge in [-0.1, -0.05) is 0 Å². The van der Waals surface area contributed by atoms with Gasteiger partial charge in [-0.2, -0.15) is 0 Å². The average Bonchev–Trinajstić information content (AvgIpc) is 2.59. The Kier molecular flexibility index (Phi) is 5.35. The Hall–Kier alpha value is -0.120. The van der Waals surface area contributed by atoms with Crippen molar-refractivity contribution in [1.29, 1.82) is 0 Å². The summed E-state index contributed by atoms with van der Waals surface area (Å²) >= 11 is 0. The van der Waals surface area contributed by atoms with Gasteiger partial charge < -0.3 is 14.8 Å². The Bertz CT molecular complexity index is 116. The molecule has 1 aliphatic rings. The smallest absolute Gasteiger partial charge is 0.0619 e. The molecule has 0 aromatic carbocycles. The van der Waals surface area contributed by atoms with Crippen LogP contribution >= 0.6 is 0 Å². The van der Waals surface area contributed by atoms with E-state index in [1.54, 1.807) is 0 Å². The number of rotatable bonds is 6. The van der Waals surface area contributed by atoms with Gasteiger partial charge in [-0.15, -0.1) is 0 Å². The Morgan fingerprint density at radius 2 is 1.85 bits per heavy atom. The van der Waals surface area contributed by atoms with Crippen molar-refractivity contribution in [2.75, 3.05) is 33.0 Å². The second-order valence-electron chi connectivity index (χ2n) is 3.53. The molecular formula is C10H21NO2. The molecule has 1 heterocycles. The molecule has 1 aliphatic heterocycles. The summed E-state index contributed by atoms with van der Waals surface area (Å²) in [6.45, 7) is 8.54. The summed E-state index contributed by atoms with van der Waals surface area (Å²) in [4.78, 5) is 0. The number of hydrogen-bond donors (Lipinski definition) is 1. The number of hydrogen-bond acceptors (Lipinski definition) is 3. The van der Waals surface area contributed by atoms with E-state index < -0.39 is 0 Å². The van der Waals surface area contributed by atoms with Crippen LogP contribution in [-0.2, 0) is 9.47 Å². The zero-order valence-corrected chi connectivity index (χ0v) is 8.71. The molecule has 2 atom stereocenters. The van der Waals surface area contributed by atoms with Gasteiger partial charge in [0.25, 0.3) is 0 Å². The van der Waals surface area contributed by atoms with Crippen molar-refractivity contribution in [2.45, 2.75) is 26.3 Å². The molecule has 3 heteroatoms. The highest BCUT2D eigenvalue weighted by Gasteiger charge is 2.23. The molecule has 0 amide bonds. The fourth-order valence-electron chi connectivity index (χ4n) is 1.70. The molecule has 0 bridgehead atoms. The van der Waals surface area contributed by atoms with E-state index >= 15 is 0 Å². The van der Waals surface area contributed by atoms with Gasteiger partial charge in [0.1, 0.15) is 0 Å². The van der Waals surface area contributed by atoms with Crippen molar-refractivity contribution in [2.24, 2.45) is 5.92 Å². The minimum atomic E-state index is 0.547. The summed E-state index contributed by atoms with van der Waals surface area (Å²) in [5, 5.41) is 3.45. The molecule has 3 nitrogen and oxygen atoms in total. The van der Waals surface area contributed by atoms with Crippen LogP contribution < -0.4 is 5.32 Å². The zero-order chi connectivity index (χ0) is 9.52. The maximum absolute atomic E-state index is 5.39. The molecule has 0 aromatic rings. The average molecular weight is 187 g/mol. The van der Waals surface area contributed by atoms with Crippen molar-refractivity contribution in [3.63, 3.8) is 0 Å². The van der Waals surface area contributed by atoms with Crippen molar-refractivity contribution in [3.8, 4) is 0 Å². The monoisotopic (exact) mass is 187 g/mol. The topological polar surface area (TPSA) is 30.5 Å². The fraction of sp³-hybridized carbons (Fsp3) is 1.00. The molecule has 0 spiro atoms. The minimum absolute atomic E-state index is 0.547. The molecule has 1 rings (SSSR count). The maximum Gasteiger partial charge on any atom is 0.0619 e.